The number of fused-ring (bicyclic) bond motifs is 4. The SMILES string of the molecule is CNCC[C@]1(C)C(=O)CC[C@@]2(C)[C@H]3[C@H](O)[C@@H]4Cn5cc(Cc6cc(C7CCCCC7)cc(C7(O)CCOCC7)c6)c6[nH]cc(c65)CC[C@@](C)(C[C@@H](O)[C@H]5OC5(C)C)C5=C4[C@](C)(CC5=O)[C@@]3(C)CC[C@H]21. The molecule has 11 atom stereocenters. The molecule has 2 aromatic heterocycles. The van der Waals surface area contributed by atoms with Crippen molar-refractivity contribution in [1.29, 1.82) is 0 Å². The van der Waals surface area contributed by atoms with E-state index in [2.05, 4.69) is 80.1 Å². The molecule has 0 radical (unpaired) electrons. The van der Waals surface area contributed by atoms with Gasteiger partial charge >= 0.3 is 0 Å². The lowest BCUT2D eigenvalue weighted by Gasteiger charge is -2.70. The number of ketones is 2. The smallest absolute Gasteiger partial charge is 0.160 e. The Morgan fingerprint density at radius 3 is 2.38 bits per heavy atom. The first-order chi connectivity index (χ1) is 32.7. The van der Waals surface area contributed by atoms with Crippen molar-refractivity contribution in [2.75, 3.05) is 26.8 Å². The van der Waals surface area contributed by atoms with Gasteiger partial charge < -0.3 is 39.7 Å². The zero-order valence-electron chi connectivity index (χ0n) is 43.2. The number of carbonyl (C=O) groups excluding carboxylic acids is 2. The molecule has 5 N–H and O–H groups in total. The van der Waals surface area contributed by atoms with Gasteiger partial charge in [-0.25, -0.2) is 0 Å². The molecule has 1 aromatic carbocycles. The lowest BCUT2D eigenvalue weighted by molar-refractivity contribution is -0.222. The van der Waals surface area contributed by atoms with Crippen LogP contribution in [0, 0.1) is 44.8 Å². The molecule has 11 rings (SSSR count). The Bertz CT molecular complexity index is 2560. The van der Waals surface area contributed by atoms with Crippen LogP contribution in [-0.2, 0) is 44.1 Å². The van der Waals surface area contributed by atoms with Crippen molar-refractivity contribution in [3.05, 3.63) is 69.6 Å². The topological polar surface area (TPSA) is 149 Å². The number of aliphatic hydroxyl groups is 3. The minimum absolute atomic E-state index is 0.120. The van der Waals surface area contributed by atoms with Gasteiger partial charge in [-0.15, -0.1) is 0 Å². The van der Waals surface area contributed by atoms with E-state index in [1.165, 1.54) is 54.4 Å². The number of nitrogens with one attached hydrogen (secondary N) is 2. The van der Waals surface area contributed by atoms with Crippen LogP contribution in [0.5, 0.6) is 0 Å². The molecule has 376 valence electrons. The molecule has 5 aliphatic carbocycles. The largest absolute Gasteiger partial charge is 0.392 e. The normalized spacial score (nSPS) is 39.0. The van der Waals surface area contributed by atoms with Crippen LogP contribution < -0.4 is 5.32 Å². The molecule has 10 nitrogen and oxygen atoms in total. The Morgan fingerprint density at radius 1 is 0.928 bits per heavy atom. The monoisotopic (exact) mass is 946 g/mol. The number of benzene rings is 1. The second kappa shape index (κ2) is 16.7. The van der Waals surface area contributed by atoms with E-state index in [4.69, 9.17) is 9.47 Å². The first kappa shape index (κ1) is 48.2. The van der Waals surface area contributed by atoms with E-state index in [0.717, 1.165) is 66.4 Å². The number of Topliss-reactive ketones (excluding diaryl/α,β-unsaturated/α-hetero) is 2. The van der Waals surface area contributed by atoms with E-state index in [9.17, 15) is 20.1 Å². The summed E-state index contributed by atoms with van der Waals surface area (Å²) < 4.78 is 14.3. The maximum Gasteiger partial charge on any atom is 0.160 e. The highest BCUT2D eigenvalue weighted by molar-refractivity contribution is 6.02. The van der Waals surface area contributed by atoms with Crippen molar-refractivity contribution >= 4 is 22.6 Å². The molecule has 0 unspecified atom stereocenters. The van der Waals surface area contributed by atoms with Gasteiger partial charge in [0.15, 0.2) is 5.78 Å². The number of hydrogen-bond donors (Lipinski definition) is 5. The quantitative estimate of drug-likeness (QED) is 0.126. The van der Waals surface area contributed by atoms with Crippen LogP contribution >= 0.6 is 0 Å². The highest BCUT2D eigenvalue weighted by Crippen LogP contribution is 2.76. The number of aromatic nitrogens is 2. The number of aliphatic hydroxyl groups excluding tert-OH is 2. The summed E-state index contributed by atoms with van der Waals surface area (Å²) in [6, 6.07) is 6.99. The van der Waals surface area contributed by atoms with E-state index in [1.807, 2.05) is 20.9 Å². The second-order valence-electron chi connectivity index (χ2n) is 25.9. The van der Waals surface area contributed by atoms with Gasteiger partial charge in [0.25, 0.3) is 0 Å². The predicted molar refractivity (Wildman–Crippen MR) is 269 cm³/mol. The summed E-state index contributed by atoms with van der Waals surface area (Å²) in [5.41, 5.74) is 6.49. The summed E-state index contributed by atoms with van der Waals surface area (Å²) in [5.74, 6) is 0.652. The van der Waals surface area contributed by atoms with E-state index >= 15 is 4.79 Å². The van der Waals surface area contributed by atoms with E-state index < -0.39 is 45.1 Å². The number of aryl methyl sites for hydroxylation is 1. The molecule has 0 bridgehead atoms. The Morgan fingerprint density at radius 2 is 1.67 bits per heavy atom. The van der Waals surface area contributed by atoms with Crippen molar-refractivity contribution in [2.24, 2.45) is 44.8 Å². The summed E-state index contributed by atoms with van der Waals surface area (Å²) in [6.07, 6.45) is 16.7. The molecule has 69 heavy (non-hydrogen) atoms. The predicted octanol–water partition coefficient (Wildman–Crippen LogP) is 9.77. The molecule has 2 saturated heterocycles. The van der Waals surface area contributed by atoms with E-state index in [-0.39, 0.29) is 35.1 Å². The number of H-pyrrole nitrogens is 1. The van der Waals surface area contributed by atoms with Crippen molar-refractivity contribution in [3.8, 4) is 0 Å². The number of allylic oxidation sites excluding steroid dienone is 1. The summed E-state index contributed by atoms with van der Waals surface area (Å²) in [4.78, 5) is 33.4. The third-order valence-electron chi connectivity index (χ3n) is 21.6. The Kier molecular flexibility index (Phi) is 11.7. The first-order valence-corrected chi connectivity index (χ1v) is 27.3. The summed E-state index contributed by atoms with van der Waals surface area (Å²) in [6.45, 7) is 18.1. The fourth-order valence-corrected chi connectivity index (χ4v) is 17.6. The van der Waals surface area contributed by atoms with Gasteiger partial charge in [0.1, 0.15) is 11.9 Å². The molecule has 6 fully saturated rings. The molecule has 4 saturated carbocycles. The van der Waals surface area contributed by atoms with Crippen molar-refractivity contribution in [3.63, 3.8) is 0 Å². The number of hydrogen-bond acceptors (Lipinski definition) is 8. The molecule has 0 spiro atoms. The highest BCUT2D eigenvalue weighted by atomic mass is 16.6. The van der Waals surface area contributed by atoms with Gasteiger partial charge in [-0.05, 0) is 153 Å². The highest BCUT2D eigenvalue weighted by Gasteiger charge is 2.73. The van der Waals surface area contributed by atoms with Crippen LogP contribution in [0.1, 0.15) is 179 Å². The van der Waals surface area contributed by atoms with E-state index in [1.54, 1.807) is 0 Å². The van der Waals surface area contributed by atoms with Gasteiger partial charge in [0, 0.05) is 86.6 Å². The summed E-state index contributed by atoms with van der Waals surface area (Å²) in [5, 5.41) is 41.4. The molecular weight excluding hydrogens is 863 g/mol. The van der Waals surface area contributed by atoms with Crippen molar-refractivity contribution in [1.82, 2.24) is 14.9 Å². The van der Waals surface area contributed by atoms with Gasteiger partial charge in [-0.1, -0.05) is 72.1 Å². The third-order valence-corrected chi connectivity index (χ3v) is 21.6. The second-order valence-corrected chi connectivity index (χ2v) is 25.9. The molecule has 10 heteroatoms. The number of rotatable bonds is 10. The number of epoxide rings is 1. The minimum Gasteiger partial charge on any atom is -0.392 e. The number of aromatic amines is 1. The fraction of sp³-hybridized carbons (Fsp3) is 0.729. The number of carbonyl (C=O) groups is 2. The molecule has 0 amide bonds. The Hall–Kier alpha value is -3.12. The molecule has 3 aromatic rings. The van der Waals surface area contributed by atoms with Crippen molar-refractivity contribution < 1.29 is 34.4 Å². The zero-order valence-corrected chi connectivity index (χ0v) is 43.2. The summed E-state index contributed by atoms with van der Waals surface area (Å²) >= 11 is 0. The van der Waals surface area contributed by atoms with Crippen molar-refractivity contribution in [2.45, 2.75) is 200 Å². The van der Waals surface area contributed by atoms with Gasteiger partial charge in [-0.3, -0.25) is 9.59 Å². The standard InChI is InChI=1S/C59H83N3O7/c1-53(2)52(69-53)43(64)30-54(3)17-14-37-32-61-48-39(27-35-26-38(36-12-10-9-11-13-36)29-40(28-35)59(67)21-24-68-25-22-59)33-62(49(37)48)34-41-46-47(54)42(63)31-58(46,7)57(6)19-15-44-55(4,20-23-60-8)45(65)16-18-56(44,5)51(57)50(41)66/h26,28-29,32-33,36,41,43-44,50-52,60-61,64,66-67H,9-25,27,30-31,34H2,1-8H3/t41-,43-,44+,50-,51-,52-,54+,55+,56-,57+,58+/m1/s1. The van der Waals surface area contributed by atoms with Crippen LogP contribution in [-0.4, -0.2) is 87.2 Å². The molecule has 5 heterocycles. The molecule has 8 aliphatic rings. The average molecular weight is 946 g/mol. The van der Waals surface area contributed by atoms with Crippen LogP contribution in [0.25, 0.3) is 11.0 Å². The Balaban J connectivity index is 1.05. The van der Waals surface area contributed by atoms with Gasteiger partial charge in [-0.2, -0.15) is 0 Å². The molecule has 3 aliphatic heterocycles. The van der Waals surface area contributed by atoms with Crippen LogP contribution in [0.4, 0.5) is 0 Å². The first-order valence-electron chi connectivity index (χ1n) is 27.3. The van der Waals surface area contributed by atoms with E-state index in [0.29, 0.717) is 76.4 Å². The van der Waals surface area contributed by atoms with Crippen LogP contribution in [0.15, 0.2) is 41.7 Å². The Labute approximate surface area is 411 Å². The maximum atomic E-state index is 15.4. The average Bonchev–Trinajstić information content (AvgIpc) is 3.55. The maximum absolute atomic E-state index is 15.4. The number of nitrogens with zero attached hydrogens (tertiary/aromatic N) is 1. The van der Waals surface area contributed by atoms with Gasteiger partial charge in [0.05, 0.1) is 34.4 Å². The zero-order chi connectivity index (χ0) is 48.7. The lowest BCUT2D eigenvalue weighted by Crippen LogP contribution is -2.68. The molecular formula is C59H83N3O7. The van der Waals surface area contributed by atoms with Crippen LogP contribution in [0.3, 0.4) is 0 Å². The number of ether oxygens (including phenoxy) is 2. The summed E-state index contributed by atoms with van der Waals surface area (Å²) in [7, 11) is 1.97. The lowest BCUT2D eigenvalue weighted by atomic mass is 9.34. The third kappa shape index (κ3) is 7.35. The van der Waals surface area contributed by atoms with Crippen LogP contribution in [0.2, 0.25) is 0 Å². The fourth-order valence-electron chi connectivity index (χ4n) is 17.6. The van der Waals surface area contributed by atoms with Gasteiger partial charge in [0.2, 0.25) is 0 Å². The minimum atomic E-state index is -0.914.